The summed E-state index contributed by atoms with van der Waals surface area (Å²) in [6, 6.07) is 4.42. The number of nitrogens with one attached hydrogen (secondary N) is 1. The normalized spacial score (nSPS) is 31.1. The van der Waals surface area contributed by atoms with E-state index in [0.717, 1.165) is 18.9 Å². The Morgan fingerprint density at radius 3 is 2.58 bits per heavy atom. The van der Waals surface area contributed by atoms with E-state index in [-0.39, 0.29) is 5.54 Å². The van der Waals surface area contributed by atoms with E-state index >= 15 is 0 Å². The van der Waals surface area contributed by atoms with E-state index in [1.54, 1.807) is 0 Å². The fraction of sp³-hybridized carbons (Fsp3) is 0.938. The molecule has 2 saturated carbocycles. The van der Waals surface area contributed by atoms with Crippen LogP contribution in [0.5, 0.6) is 0 Å². The maximum atomic E-state index is 9.56. The molecule has 0 spiro atoms. The van der Waals surface area contributed by atoms with Crippen molar-refractivity contribution in [2.24, 2.45) is 0 Å². The first-order valence-corrected chi connectivity index (χ1v) is 8.05. The Hall–Kier alpha value is -0.590. The molecule has 0 aliphatic heterocycles. The monoisotopic (exact) mass is 263 g/mol. The number of rotatable bonds is 7. The highest BCUT2D eigenvalue weighted by Crippen LogP contribution is 2.38. The van der Waals surface area contributed by atoms with Crippen molar-refractivity contribution < 1.29 is 0 Å². The van der Waals surface area contributed by atoms with Crippen LogP contribution < -0.4 is 5.32 Å². The van der Waals surface area contributed by atoms with Gasteiger partial charge in [0, 0.05) is 18.1 Å². The lowest BCUT2D eigenvalue weighted by atomic mass is 9.98. The van der Waals surface area contributed by atoms with E-state index in [1.807, 2.05) is 0 Å². The lowest BCUT2D eigenvalue weighted by Gasteiger charge is -2.31. The first-order chi connectivity index (χ1) is 9.10. The highest BCUT2D eigenvalue weighted by molar-refractivity contribution is 5.14. The molecule has 0 aromatic carbocycles. The van der Waals surface area contributed by atoms with Crippen LogP contribution in [-0.4, -0.2) is 35.1 Å². The molecule has 108 valence electrons. The van der Waals surface area contributed by atoms with Gasteiger partial charge in [0.1, 0.15) is 5.54 Å². The molecule has 2 rings (SSSR count). The molecule has 0 aromatic heterocycles. The summed E-state index contributed by atoms with van der Waals surface area (Å²) in [5.74, 6) is 0. The standard InChI is InChI=1S/C16H29N3/c1-4-5-10-19(14-6-7-14)15-8-9-16(11-15,12-17)18-13(2)3/h13-15,18H,4-11H2,1-3H3. The van der Waals surface area contributed by atoms with Gasteiger partial charge in [-0.05, 0) is 58.9 Å². The van der Waals surface area contributed by atoms with Crippen LogP contribution in [0.4, 0.5) is 0 Å². The number of nitriles is 1. The average molecular weight is 263 g/mol. The highest BCUT2D eigenvalue weighted by atomic mass is 15.2. The van der Waals surface area contributed by atoms with Gasteiger partial charge >= 0.3 is 0 Å². The first kappa shape index (κ1) is 14.8. The maximum absolute atomic E-state index is 9.56. The Balaban J connectivity index is 1.96. The minimum Gasteiger partial charge on any atom is -0.297 e. The molecule has 2 aliphatic rings. The third-order valence-electron chi connectivity index (χ3n) is 4.52. The second-order valence-corrected chi connectivity index (χ2v) is 6.71. The summed E-state index contributed by atoms with van der Waals surface area (Å²) in [5.41, 5.74) is -0.266. The van der Waals surface area contributed by atoms with Gasteiger partial charge in [-0.25, -0.2) is 0 Å². The van der Waals surface area contributed by atoms with E-state index in [9.17, 15) is 5.26 Å². The van der Waals surface area contributed by atoms with Gasteiger partial charge in [-0.3, -0.25) is 10.2 Å². The van der Waals surface area contributed by atoms with Gasteiger partial charge in [0.05, 0.1) is 6.07 Å². The Morgan fingerprint density at radius 2 is 2.05 bits per heavy atom. The summed E-state index contributed by atoms with van der Waals surface area (Å²) in [7, 11) is 0. The van der Waals surface area contributed by atoms with Crippen LogP contribution in [0, 0.1) is 11.3 Å². The van der Waals surface area contributed by atoms with Gasteiger partial charge in [0.25, 0.3) is 0 Å². The van der Waals surface area contributed by atoms with E-state index in [0.29, 0.717) is 12.1 Å². The fourth-order valence-electron chi connectivity index (χ4n) is 3.53. The van der Waals surface area contributed by atoms with Crippen molar-refractivity contribution in [2.45, 2.75) is 89.4 Å². The molecule has 1 N–H and O–H groups in total. The zero-order valence-electron chi connectivity index (χ0n) is 12.8. The first-order valence-electron chi connectivity index (χ1n) is 8.05. The topological polar surface area (TPSA) is 39.1 Å². The van der Waals surface area contributed by atoms with Crippen molar-refractivity contribution in [3.8, 4) is 6.07 Å². The van der Waals surface area contributed by atoms with E-state index < -0.39 is 0 Å². The second-order valence-electron chi connectivity index (χ2n) is 6.71. The molecular weight excluding hydrogens is 234 g/mol. The minimum atomic E-state index is -0.266. The molecule has 0 amide bonds. The molecule has 0 radical (unpaired) electrons. The fourth-order valence-corrected chi connectivity index (χ4v) is 3.53. The van der Waals surface area contributed by atoms with E-state index in [2.05, 4.69) is 37.1 Å². The Bertz CT molecular complexity index is 329. The van der Waals surface area contributed by atoms with Crippen LogP contribution in [0.1, 0.15) is 65.7 Å². The number of unbranched alkanes of at least 4 members (excludes halogenated alkanes) is 1. The Labute approximate surface area is 118 Å². The molecule has 2 atom stereocenters. The van der Waals surface area contributed by atoms with Crippen molar-refractivity contribution in [1.82, 2.24) is 10.2 Å². The van der Waals surface area contributed by atoms with Crippen molar-refractivity contribution >= 4 is 0 Å². The summed E-state index contributed by atoms with van der Waals surface area (Å²) in [6.07, 6.45) is 8.53. The molecular formula is C16H29N3. The predicted octanol–water partition coefficient (Wildman–Crippen LogP) is 3.06. The third kappa shape index (κ3) is 3.70. The molecule has 3 nitrogen and oxygen atoms in total. The lowest BCUT2D eigenvalue weighted by molar-refractivity contribution is 0.178. The second kappa shape index (κ2) is 6.24. The van der Waals surface area contributed by atoms with Gasteiger partial charge in [-0.1, -0.05) is 13.3 Å². The quantitative estimate of drug-likeness (QED) is 0.767. The van der Waals surface area contributed by atoms with Crippen LogP contribution in [0.3, 0.4) is 0 Å². The molecule has 2 aliphatic carbocycles. The van der Waals surface area contributed by atoms with Crippen molar-refractivity contribution in [3.63, 3.8) is 0 Å². The van der Waals surface area contributed by atoms with E-state index in [1.165, 1.54) is 38.6 Å². The molecule has 2 fully saturated rings. The molecule has 2 unspecified atom stereocenters. The van der Waals surface area contributed by atoms with Crippen molar-refractivity contribution in [1.29, 1.82) is 5.26 Å². The average Bonchev–Trinajstić information content (AvgIpc) is 3.12. The third-order valence-corrected chi connectivity index (χ3v) is 4.52. The Morgan fingerprint density at radius 1 is 1.32 bits per heavy atom. The van der Waals surface area contributed by atoms with E-state index in [4.69, 9.17) is 0 Å². The zero-order valence-corrected chi connectivity index (χ0v) is 12.8. The number of hydrogen-bond acceptors (Lipinski definition) is 3. The molecule has 19 heavy (non-hydrogen) atoms. The van der Waals surface area contributed by atoms with Crippen LogP contribution in [0.25, 0.3) is 0 Å². The largest absolute Gasteiger partial charge is 0.297 e. The lowest BCUT2D eigenvalue weighted by Crippen LogP contribution is -2.47. The summed E-state index contributed by atoms with van der Waals surface area (Å²) in [6.45, 7) is 7.78. The minimum absolute atomic E-state index is 0.266. The van der Waals surface area contributed by atoms with Crippen molar-refractivity contribution in [2.75, 3.05) is 6.54 Å². The Kier molecular flexibility index (Phi) is 4.86. The van der Waals surface area contributed by atoms with Gasteiger partial charge in [0.2, 0.25) is 0 Å². The molecule has 0 heterocycles. The van der Waals surface area contributed by atoms with Gasteiger partial charge in [-0.2, -0.15) is 5.26 Å². The van der Waals surface area contributed by atoms with Gasteiger partial charge < -0.3 is 0 Å². The summed E-state index contributed by atoms with van der Waals surface area (Å²) in [5, 5.41) is 13.1. The van der Waals surface area contributed by atoms with Crippen LogP contribution in [-0.2, 0) is 0 Å². The molecule has 3 heteroatoms. The zero-order chi connectivity index (χ0) is 13.9. The highest BCUT2D eigenvalue weighted by Gasteiger charge is 2.44. The summed E-state index contributed by atoms with van der Waals surface area (Å²) >= 11 is 0. The molecule has 0 saturated heterocycles. The molecule has 0 aromatic rings. The van der Waals surface area contributed by atoms with Crippen LogP contribution in [0.2, 0.25) is 0 Å². The number of hydrogen-bond donors (Lipinski definition) is 1. The van der Waals surface area contributed by atoms with Crippen molar-refractivity contribution in [3.05, 3.63) is 0 Å². The van der Waals surface area contributed by atoms with Gasteiger partial charge in [-0.15, -0.1) is 0 Å². The predicted molar refractivity (Wildman–Crippen MR) is 78.9 cm³/mol. The SMILES string of the molecule is CCCCN(C1CC1)C1CCC(C#N)(NC(C)C)C1. The maximum Gasteiger partial charge on any atom is 0.108 e. The summed E-state index contributed by atoms with van der Waals surface area (Å²) in [4.78, 5) is 2.71. The van der Waals surface area contributed by atoms with Crippen LogP contribution >= 0.6 is 0 Å². The smallest absolute Gasteiger partial charge is 0.108 e. The van der Waals surface area contributed by atoms with Crippen LogP contribution in [0.15, 0.2) is 0 Å². The van der Waals surface area contributed by atoms with Gasteiger partial charge in [0.15, 0.2) is 0 Å². The number of nitrogens with zero attached hydrogens (tertiary/aromatic N) is 2. The molecule has 0 bridgehead atoms. The summed E-state index contributed by atoms with van der Waals surface area (Å²) < 4.78 is 0.